The fourth-order valence-corrected chi connectivity index (χ4v) is 13.7. The van der Waals surface area contributed by atoms with Gasteiger partial charge in [0.05, 0.1) is 69.7 Å². The zero-order valence-electron chi connectivity index (χ0n) is 46.8. The van der Waals surface area contributed by atoms with Crippen molar-refractivity contribution in [3.05, 3.63) is 59.4 Å². The zero-order valence-corrected chi connectivity index (χ0v) is 48.4. The maximum atomic E-state index is 14.2. The van der Waals surface area contributed by atoms with Crippen LogP contribution in [0.5, 0.6) is 11.5 Å². The lowest BCUT2D eigenvalue weighted by molar-refractivity contribution is -0.160. The van der Waals surface area contributed by atoms with E-state index in [9.17, 15) is 38.8 Å². The maximum absolute atomic E-state index is 14.2. The fourth-order valence-electron chi connectivity index (χ4n) is 11.1. The van der Waals surface area contributed by atoms with Crippen LogP contribution in [0.2, 0.25) is 0 Å². The number of benzene rings is 2. The molecule has 5 aliphatic rings. The molecule has 2 aromatic carbocycles. The first-order valence-electron chi connectivity index (χ1n) is 29.3. The van der Waals surface area contributed by atoms with Crippen molar-refractivity contribution in [3.8, 4) is 17.6 Å². The highest BCUT2D eigenvalue weighted by Gasteiger charge is 2.40. The number of nitriles is 1. The lowest BCUT2D eigenvalue weighted by atomic mass is 9.82. The van der Waals surface area contributed by atoms with Crippen LogP contribution in [0.3, 0.4) is 0 Å². The summed E-state index contributed by atoms with van der Waals surface area (Å²) in [7, 11) is 0. The summed E-state index contributed by atoms with van der Waals surface area (Å²) in [5, 5.41) is 11.2. The van der Waals surface area contributed by atoms with Crippen LogP contribution >= 0.6 is 23.5 Å². The Morgan fingerprint density at radius 1 is 0.506 bits per heavy atom. The van der Waals surface area contributed by atoms with Gasteiger partial charge in [-0.3, -0.25) is 19.2 Å². The molecule has 4 aliphatic carbocycles. The number of thioether (sulfide) groups is 2. The van der Waals surface area contributed by atoms with Gasteiger partial charge in [-0.15, -0.1) is 0 Å². The van der Waals surface area contributed by atoms with Gasteiger partial charge in [-0.25, -0.2) is 14.4 Å². The predicted octanol–water partition coefficient (Wildman–Crippen LogP) is 12.1. The number of esters is 7. The highest BCUT2D eigenvalue weighted by Crippen LogP contribution is 2.62. The third-order valence-electron chi connectivity index (χ3n) is 15.8. The minimum atomic E-state index is -0.804. The molecular formula is C62H79NO16S2. The summed E-state index contributed by atoms with van der Waals surface area (Å²) in [6.07, 6.45) is 19.3. The van der Waals surface area contributed by atoms with Crippen molar-refractivity contribution in [2.75, 3.05) is 33.0 Å². The standard InChI is InChI=1S/C62H79NO16S2/c1-4-51(64)74-37-15-9-7-13-35-72-44-27-31-46(32-28-44)76-57(66)40-19-23-42(24-20-40)59(68)78-53-48-17-11-12-18-49(48)54(56-55(53)80-62(81-56)50(39-63)61(70)71-6-3)79-60(69)43-25-21-41(22-26-43)58(67)77-47-33-29-45(30-34-47)73-36-14-8-10-16-38-75-52(65)5-2/h4-5,11-12,17-18,40-47H,1-2,6-10,13-16,19-38H2,3H3. The minimum Gasteiger partial charge on any atom is -0.463 e. The van der Waals surface area contributed by atoms with E-state index in [0.29, 0.717) is 103 Å². The molecule has 0 amide bonds. The van der Waals surface area contributed by atoms with Crippen LogP contribution in [0.25, 0.3) is 10.8 Å². The summed E-state index contributed by atoms with van der Waals surface area (Å²) in [6.45, 7) is 10.6. The molecule has 0 aromatic heterocycles. The van der Waals surface area contributed by atoms with Crippen LogP contribution in [0.15, 0.2) is 69.2 Å². The van der Waals surface area contributed by atoms with Crippen LogP contribution in [-0.2, 0) is 66.7 Å². The molecule has 0 radical (unpaired) electrons. The third kappa shape index (κ3) is 18.7. The second kappa shape index (κ2) is 32.8. The number of nitrogens with zero attached hydrogens (tertiary/aromatic N) is 1. The highest BCUT2D eigenvalue weighted by atomic mass is 32.2. The van der Waals surface area contributed by atoms with Gasteiger partial charge in [0, 0.05) is 36.1 Å². The number of carbonyl (C=O) groups is 7. The van der Waals surface area contributed by atoms with E-state index < -0.39 is 41.7 Å². The van der Waals surface area contributed by atoms with Crippen molar-refractivity contribution >= 4 is 76.1 Å². The molecule has 1 heterocycles. The number of ether oxygens (including phenoxy) is 9. The zero-order chi connectivity index (χ0) is 57.5. The summed E-state index contributed by atoms with van der Waals surface area (Å²) in [5.74, 6) is -4.27. The van der Waals surface area contributed by atoms with Crippen LogP contribution in [-0.4, -0.2) is 99.2 Å². The van der Waals surface area contributed by atoms with Gasteiger partial charge >= 0.3 is 41.8 Å². The number of rotatable bonds is 28. The van der Waals surface area contributed by atoms with E-state index in [1.54, 1.807) is 31.2 Å². The number of unbranched alkanes of at least 4 members (excludes halogenated alkanes) is 6. The van der Waals surface area contributed by atoms with E-state index in [1.165, 1.54) is 12.2 Å². The maximum Gasteiger partial charge on any atom is 0.350 e. The van der Waals surface area contributed by atoms with Crippen LogP contribution in [0, 0.1) is 35.0 Å². The Kier molecular flexibility index (Phi) is 25.5. The molecule has 4 fully saturated rings. The quantitative estimate of drug-likeness (QED) is 0.0193. The van der Waals surface area contributed by atoms with Crippen molar-refractivity contribution < 1.29 is 76.2 Å². The average Bonchev–Trinajstić information content (AvgIpc) is 4.12. The number of hydrogen-bond acceptors (Lipinski definition) is 19. The molecule has 2 aromatic rings. The topological polar surface area (TPSA) is 226 Å². The van der Waals surface area contributed by atoms with Crippen molar-refractivity contribution in [3.63, 3.8) is 0 Å². The van der Waals surface area contributed by atoms with Gasteiger partial charge in [-0.05, 0) is 148 Å². The van der Waals surface area contributed by atoms with E-state index in [4.69, 9.17) is 42.6 Å². The van der Waals surface area contributed by atoms with E-state index in [2.05, 4.69) is 13.2 Å². The molecule has 0 bridgehead atoms. The number of fused-ring (bicyclic) bond motifs is 2. The predicted molar refractivity (Wildman–Crippen MR) is 303 cm³/mol. The Hall–Kier alpha value is -5.68. The normalized spacial score (nSPS) is 23.4. The van der Waals surface area contributed by atoms with Gasteiger partial charge in [0.25, 0.3) is 0 Å². The number of hydrogen-bond donors (Lipinski definition) is 0. The lowest BCUT2D eigenvalue weighted by Gasteiger charge is -2.31. The molecule has 1 aliphatic heterocycles. The first kappa shape index (κ1) is 62.9. The Morgan fingerprint density at radius 3 is 1.22 bits per heavy atom. The van der Waals surface area contributed by atoms with Crippen molar-refractivity contribution in [2.45, 2.75) is 195 Å². The van der Waals surface area contributed by atoms with E-state index in [1.807, 2.05) is 6.07 Å². The monoisotopic (exact) mass is 1160 g/mol. The Labute approximate surface area is 484 Å². The van der Waals surface area contributed by atoms with Crippen molar-refractivity contribution in [1.82, 2.24) is 0 Å². The molecule has 440 valence electrons. The molecule has 17 nitrogen and oxygen atoms in total. The first-order chi connectivity index (χ1) is 39.4. The first-order valence-corrected chi connectivity index (χ1v) is 30.9. The molecule has 7 rings (SSSR count). The SMILES string of the molecule is C=CC(=O)OCCCCCCOC1CCC(OC(=O)C2CCC(C(=O)Oc3c4c(c(OC(=O)C5CCC(C(=O)OC6CCC(OCCCCCCOC(=O)C=C)CC6)CC5)c5ccccc35)SC(=C(C#N)C(=O)OCC)S4)CC2)CC1. The van der Waals surface area contributed by atoms with Gasteiger partial charge in [0.15, 0.2) is 17.1 Å². The largest absolute Gasteiger partial charge is 0.463 e. The van der Waals surface area contributed by atoms with Gasteiger partial charge in [-0.2, -0.15) is 5.26 Å². The summed E-state index contributed by atoms with van der Waals surface area (Å²) in [5.41, 5.74) is -0.226. The summed E-state index contributed by atoms with van der Waals surface area (Å²) < 4.78 is 52.5. The van der Waals surface area contributed by atoms with Gasteiger partial charge in [0.2, 0.25) is 0 Å². The highest BCUT2D eigenvalue weighted by molar-refractivity contribution is 8.24. The smallest absolute Gasteiger partial charge is 0.350 e. The van der Waals surface area contributed by atoms with Crippen LogP contribution in [0.1, 0.15) is 161 Å². The molecule has 0 N–H and O–H groups in total. The lowest BCUT2D eigenvalue weighted by Crippen LogP contribution is -2.33. The molecule has 0 saturated heterocycles. The third-order valence-corrected chi connectivity index (χ3v) is 18.4. The van der Waals surface area contributed by atoms with E-state index in [0.717, 1.165) is 126 Å². The molecule has 81 heavy (non-hydrogen) atoms. The molecule has 0 spiro atoms. The van der Waals surface area contributed by atoms with Gasteiger partial charge < -0.3 is 42.6 Å². The van der Waals surface area contributed by atoms with Crippen LogP contribution < -0.4 is 9.47 Å². The van der Waals surface area contributed by atoms with E-state index >= 15 is 0 Å². The summed E-state index contributed by atoms with van der Waals surface area (Å²) in [4.78, 5) is 91.5. The molecule has 19 heteroatoms. The molecule has 0 unspecified atom stereocenters. The Balaban J connectivity index is 0.892. The van der Waals surface area contributed by atoms with Crippen LogP contribution in [0.4, 0.5) is 0 Å². The average molecular weight is 1160 g/mol. The fraction of sp³-hybridized carbons (Fsp3) is 0.613. The van der Waals surface area contributed by atoms with Crippen molar-refractivity contribution in [2.24, 2.45) is 23.7 Å². The van der Waals surface area contributed by atoms with Gasteiger partial charge in [-0.1, -0.05) is 73.8 Å². The second-order valence-electron chi connectivity index (χ2n) is 21.5. The molecule has 4 saturated carbocycles. The van der Waals surface area contributed by atoms with Gasteiger partial charge in [0.1, 0.15) is 18.3 Å². The summed E-state index contributed by atoms with van der Waals surface area (Å²) >= 11 is 2.16. The second-order valence-corrected chi connectivity index (χ2v) is 23.8. The Morgan fingerprint density at radius 2 is 0.864 bits per heavy atom. The number of carbonyl (C=O) groups excluding carboxylic acids is 7. The summed E-state index contributed by atoms with van der Waals surface area (Å²) in [6, 6.07) is 9.11. The molecule has 0 atom stereocenters. The minimum absolute atomic E-state index is 0.0495. The Bertz CT molecular complexity index is 2440. The molecular weight excluding hydrogens is 1080 g/mol. The van der Waals surface area contributed by atoms with E-state index in [-0.39, 0.29) is 71.9 Å². The van der Waals surface area contributed by atoms with Crippen molar-refractivity contribution in [1.29, 1.82) is 5.26 Å².